The molecule has 8 heteroatoms. The van der Waals surface area contributed by atoms with Crippen LogP contribution in [0.3, 0.4) is 0 Å². The normalized spacial score (nSPS) is 14.1. The van der Waals surface area contributed by atoms with E-state index in [1.807, 2.05) is 0 Å². The molecule has 2 heterocycles. The minimum Gasteiger partial charge on any atom is -0.380 e. The van der Waals surface area contributed by atoms with Gasteiger partial charge in [-0.05, 0) is 98.1 Å². The molecule has 3 aromatic rings. The van der Waals surface area contributed by atoms with E-state index in [1.165, 1.54) is 47.2 Å². The number of aromatic nitrogens is 1. The van der Waals surface area contributed by atoms with Gasteiger partial charge < -0.3 is 16.0 Å². The number of amides is 1. The molecular weight excluding hydrogens is 471 g/mol. The third kappa shape index (κ3) is 6.50. The maximum Gasteiger partial charge on any atom is 0.259 e. The van der Waals surface area contributed by atoms with Crippen molar-refractivity contribution in [2.75, 3.05) is 30.0 Å². The number of hydrogen-bond donors (Lipinski definition) is 3. The van der Waals surface area contributed by atoms with E-state index in [0.29, 0.717) is 29.0 Å². The summed E-state index contributed by atoms with van der Waals surface area (Å²) in [4.78, 5) is 18.2. The Bertz CT molecular complexity index is 1140. The monoisotopic (exact) mass is 498 g/mol. The fourth-order valence-corrected chi connectivity index (χ4v) is 4.75. The van der Waals surface area contributed by atoms with Crippen LogP contribution >= 0.6 is 23.4 Å². The molecule has 4 rings (SSSR count). The van der Waals surface area contributed by atoms with Crippen molar-refractivity contribution in [2.24, 2.45) is 5.92 Å². The van der Waals surface area contributed by atoms with E-state index in [-0.39, 0.29) is 5.56 Å². The van der Waals surface area contributed by atoms with Crippen molar-refractivity contribution in [1.29, 1.82) is 0 Å². The number of nitrogens with zero attached hydrogens (tertiary/aromatic N) is 1. The largest absolute Gasteiger partial charge is 0.380 e. The van der Waals surface area contributed by atoms with E-state index in [2.05, 4.69) is 45.4 Å². The summed E-state index contributed by atoms with van der Waals surface area (Å²) in [5.41, 5.74) is 3.29. The first kappa shape index (κ1) is 24.5. The van der Waals surface area contributed by atoms with Crippen LogP contribution in [0.1, 0.15) is 34.3 Å². The van der Waals surface area contributed by atoms with Gasteiger partial charge in [0.2, 0.25) is 0 Å². The molecule has 1 aromatic heterocycles. The fraction of sp³-hybridized carbons (Fsp3) is 0.308. The number of pyridine rings is 1. The maximum absolute atomic E-state index is 14.0. The highest BCUT2D eigenvalue weighted by atomic mass is 35.5. The van der Waals surface area contributed by atoms with Crippen molar-refractivity contribution < 1.29 is 9.18 Å². The summed E-state index contributed by atoms with van der Waals surface area (Å²) in [5.74, 6) is 0.0952. The number of halogens is 2. The molecule has 0 spiro atoms. The van der Waals surface area contributed by atoms with Crippen molar-refractivity contribution in [3.8, 4) is 0 Å². The van der Waals surface area contributed by atoms with Gasteiger partial charge in [-0.3, -0.25) is 4.79 Å². The Morgan fingerprint density at radius 2 is 1.97 bits per heavy atom. The highest BCUT2D eigenvalue weighted by Gasteiger charge is 2.17. The number of hydrogen-bond acceptors (Lipinski definition) is 5. The lowest BCUT2D eigenvalue weighted by molar-refractivity contribution is 0.102. The molecular formula is C26H28ClFN4OS. The molecule has 0 aliphatic carbocycles. The van der Waals surface area contributed by atoms with Gasteiger partial charge in [0, 0.05) is 23.3 Å². The summed E-state index contributed by atoms with van der Waals surface area (Å²) in [6.07, 6.45) is 6.92. The van der Waals surface area contributed by atoms with Gasteiger partial charge in [-0.2, -0.15) is 0 Å². The van der Waals surface area contributed by atoms with Crippen molar-refractivity contribution in [2.45, 2.75) is 30.7 Å². The highest BCUT2D eigenvalue weighted by molar-refractivity contribution is 7.98. The molecule has 178 valence electrons. The van der Waals surface area contributed by atoms with Gasteiger partial charge >= 0.3 is 0 Å². The summed E-state index contributed by atoms with van der Waals surface area (Å²) in [6, 6.07) is 14.0. The van der Waals surface area contributed by atoms with Crippen LogP contribution in [0.15, 0.2) is 59.6 Å². The van der Waals surface area contributed by atoms with Gasteiger partial charge in [0.25, 0.3) is 5.91 Å². The quantitative estimate of drug-likeness (QED) is 0.332. The zero-order chi connectivity index (χ0) is 23.9. The number of benzene rings is 2. The number of carbonyl (C=O) groups excluding carboxylic acids is 1. The summed E-state index contributed by atoms with van der Waals surface area (Å²) < 4.78 is 14.0. The van der Waals surface area contributed by atoms with E-state index >= 15 is 0 Å². The van der Waals surface area contributed by atoms with E-state index in [9.17, 15) is 9.18 Å². The molecule has 2 aromatic carbocycles. The van der Waals surface area contributed by atoms with E-state index in [0.717, 1.165) is 19.5 Å². The van der Waals surface area contributed by atoms with Crippen LogP contribution in [-0.2, 0) is 13.0 Å². The SMILES string of the molecule is CSc1ccc(CNc2ccc(F)cc2C(=O)Nc2ccc(Cl)cn2)c(CC2CCNCC2)c1. The van der Waals surface area contributed by atoms with Crippen molar-refractivity contribution >= 4 is 40.8 Å². The maximum atomic E-state index is 14.0. The van der Waals surface area contributed by atoms with Crippen LogP contribution in [-0.4, -0.2) is 30.2 Å². The molecule has 34 heavy (non-hydrogen) atoms. The van der Waals surface area contributed by atoms with Crippen LogP contribution in [0.5, 0.6) is 0 Å². The van der Waals surface area contributed by atoms with Gasteiger partial charge in [-0.15, -0.1) is 11.8 Å². The number of rotatable bonds is 8. The van der Waals surface area contributed by atoms with Crippen LogP contribution in [0.4, 0.5) is 15.9 Å². The Labute approximate surface area is 208 Å². The first-order chi connectivity index (χ1) is 16.5. The smallest absolute Gasteiger partial charge is 0.259 e. The van der Waals surface area contributed by atoms with Gasteiger partial charge in [0.05, 0.1) is 10.6 Å². The number of piperidine rings is 1. The minimum absolute atomic E-state index is 0.220. The number of thioether (sulfide) groups is 1. The lowest BCUT2D eigenvalue weighted by atomic mass is 9.89. The number of nitrogens with one attached hydrogen (secondary N) is 3. The Morgan fingerprint density at radius 1 is 1.15 bits per heavy atom. The molecule has 0 atom stereocenters. The Balaban J connectivity index is 1.52. The van der Waals surface area contributed by atoms with Gasteiger partial charge in [0.15, 0.2) is 0 Å². The molecule has 0 saturated carbocycles. The predicted molar refractivity (Wildman–Crippen MR) is 138 cm³/mol. The second-order valence-electron chi connectivity index (χ2n) is 8.39. The Kier molecular flexibility index (Phi) is 8.43. The average molecular weight is 499 g/mol. The van der Waals surface area contributed by atoms with E-state index in [4.69, 9.17) is 11.6 Å². The molecule has 1 aliphatic heterocycles. The Hall–Kier alpha value is -2.61. The lowest BCUT2D eigenvalue weighted by Gasteiger charge is -2.24. The highest BCUT2D eigenvalue weighted by Crippen LogP contribution is 2.27. The van der Waals surface area contributed by atoms with Crippen LogP contribution in [0.25, 0.3) is 0 Å². The molecule has 1 fully saturated rings. The summed E-state index contributed by atoms with van der Waals surface area (Å²) >= 11 is 7.60. The molecule has 1 amide bonds. The van der Waals surface area contributed by atoms with Crippen molar-refractivity contribution in [1.82, 2.24) is 10.3 Å². The van der Waals surface area contributed by atoms with Crippen LogP contribution in [0, 0.1) is 11.7 Å². The molecule has 0 bridgehead atoms. The first-order valence-electron chi connectivity index (χ1n) is 11.3. The van der Waals surface area contributed by atoms with Gasteiger partial charge in [0.1, 0.15) is 11.6 Å². The molecule has 3 N–H and O–H groups in total. The lowest BCUT2D eigenvalue weighted by Crippen LogP contribution is -2.28. The third-order valence-electron chi connectivity index (χ3n) is 6.05. The summed E-state index contributed by atoms with van der Waals surface area (Å²) in [5, 5.41) is 9.97. The molecule has 1 saturated heterocycles. The third-order valence-corrected chi connectivity index (χ3v) is 6.99. The Morgan fingerprint density at radius 3 is 2.71 bits per heavy atom. The number of anilines is 2. The van der Waals surface area contributed by atoms with Crippen LogP contribution < -0.4 is 16.0 Å². The minimum atomic E-state index is -0.476. The zero-order valence-corrected chi connectivity index (χ0v) is 20.6. The first-order valence-corrected chi connectivity index (χ1v) is 12.9. The zero-order valence-electron chi connectivity index (χ0n) is 19.0. The van der Waals surface area contributed by atoms with Crippen molar-refractivity contribution in [3.05, 3.63) is 82.3 Å². The number of carbonyl (C=O) groups is 1. The topological polar surface area (TPSA) is 66.0 Å². The van der Waals surface area contributed by atoms with Gasteiger partial charge in [-0.25, -0.2) is 9.37 Å². The summed E-state index contributed by atoms with van der Waals surface area (Å²) in [6.45, 7) is 2.67. The average Bonchev–Trinajstić information content (AvgIpc) is 2.85. The standard InChI is InChI=1S/C26H28ClFN4OS/c1-34-22-5-2-18(19(13-22)12-17-8-10-29-11-9-17)15-30-24-6-4-21(28)14-23(24)26(33)32-25-7-3-20(27)16-31-25/h2-7,13-14,16-17,29-30H,8-12,15H2,1H3,(H,31,32,33). The summed E-state index contributed by atoms with van der Waals surface area (Å²) in [7, 11) is 0. The molecule has 5 nitrogen and oxygen atoms in total. The van der Waals surface area contributed by atoms with Crippen molar-refractivity contribution in [3.63, 3.8) is 0 Å². The predicted octanol–water partition coefficient (Wildman–Crippen LogP) is 6.00. The van der Waals surface area contributed by atoms with Gasteiger partial charge in [-0.1, -0.05) is 17.7 Å². The second-order valence-corrected chi connectivity index (χ2v) is 9.71. The second kappa shape index (κ2) is 11.7. The van der Waals surface area contributed by atoms with Crippen LogP contribution in [0.2, 0.25) is 5.02 Å². The molecule has 0 radical (unpaired) electrons. The van der Waals surface area contributed by atoms with E-state index in [1.54, 1.807) is 30.0 Å². The molecule has 1 aliphatic rings. The fourth-order valence-electron chi connectivity index (χ4n) is 4.17. The molecule has 0 unspecified atom stereocenters. The van der Waals surface area contributed by atoms with E-state index < -0.39 is 11.7 Å².